The van der Waals surface area contributed by atoms with E-state index in [0.29, 0.717) is 11.3 Å². The Kier molecular flexibility index (Phi) is 5.18. The predicted molar refractivity (Wildman–Crippen MR) is 42.7 cm³/mol. The topological polar surface area (TPSA) is 26.3 Å². The third-order valence-electron chi connectivity index (χ3n) is 1.39. The van der Waals surface area contributed by atoms with Crippen molar-refractivity contribution in [1.29, 1.82) is 0 Å². The van der Waals surface area contributed by atoms with Crippen molar-refractivity contribution in [3.8, 4) is 5.75 Å². The SMILES string of the molecule is [CH2-]C(=O)c1cccc(OC)c1.[Y]. The van der Waals surface area contributed by atoms with Gasteiger partial charge in [-0.3, -0.25) is 0 Å². The molecule has 0 unspecified atom stereocenters. The fourth-order valence-electron chi connectivity index (χ4n) is 0.797. The quantitative estimate of drug-likeness (QED) is 0.579. The van der Waals surface area contributed by atoms with E-state index in [0.717, 1.165) is 0 Å². The van der Waals surface area contributed by atoms with Gasteiger partial charge in [-0.2, -0.15) is 6.92 Å². The summed E-state index contributed by atoms with van der Waals surface area (Å²) >= 11 is 0. The zero-order valence-corrected chi connectivity index (χ0v) is 9.75. The summed E-state index contributed by atoms with van der Waals surface area (Å²) < 4.78 is 4.92. The molecule has 61 valence electrons. The molecule has 0 atom stereocenters. The number of carbonyl (C=O) groups excluding carboxylic acids is 1. The van der Waals surface area contributed by atoms with E-state index in [4.69, 9.17) is 4.74 Å². The van der Waals surface area contributed by atoms with Crippen LogP contribution in [-0.2, 0) is 32.7 Å². The van der Waals surface area contributed by atoms with Crippen LogP contribution >= 0.6 is 0 Å². The van der Waals surface area contributed by atoms with E-state index in [2.05, 4.69) is 6.92 Å². The number of Topliss-reactive ketones (excluding diaryl/α,β-unsaturated/α-hetero) is 1. The van der Waals surface area contributed by atoms with Crippen molar-refractivity contribution in [3.05, 3.63) is 36.8 Å². The molecule has 0 amide bonds. The van der Waals surface area contributed by atoms with E-state index in [9.17, 15) is 4.79 Å². The Balaban J connectivity index is 0.00000121. The predicted octanol–water partition coefficient (Wildman–Crippen LogP) is 1.71. The molecule has 1 aromatic rings. The van der Waals surface area contributed by atoms with Crippen molar-refractivity contribution in [2.24, 2.45) is 0 Å². The second-order valence-electron chi connectivity index (χ2n) is 2.16. The van der Waals surface area contributed by atoms with Gasteiger partial charge in [-0.25, -0.2) is 0 Å². The third-order valence-corrected chi connectivity index (χ3v) is 1.39. The molecule has 0 heterocycles. The molecule has 0 saturated heterocycles. The van der Waals surface area contributed by atoms with E-state index in [1.165, 1.54) is 0 Å². The van der Waals surface area contributed by atoms with Crippen LogP contribution < -0.4 is 4.74 Å². The minimum Gasteiger partial charge on any atom is -0.498 e. The van der Waals surface area contributed by atoms with Gasteiger partial charge >= 0.3 is 0 Å². The molecule has 2 nitrogen and oxygen atoms in total. The maximum Gasteiger partial charge on any atom is 0.101 e. The summed E-state index contributed by atoms with van der Waals surface area (Å²) in [7, 11) is 1.56. The van der Waals surface area contributed by atoms with E-state index in [1.54, 1.807) is 31.4 Å². The summed E-state index contributed by atoms with van der Waals surface area (Å²) in [5.74, 6) is 0.489. The molecule has 0 N–H and O–H groups in total. The van der Waals surface area contributed by atoms with Crippen LogP contribution in [0.1, 0.15) is 10.4 Å². The number of hydrogen-bond donors (Lipinski definition) is 0. The number of ketones is 1. The molecular weight excluding hydrogens is 229 g/mol. The Morgan fingerprint density at radius 2 is 2.17 bits per heavy atom. The first-order valence-electron chi connectivity index (χ1n) is 3.24. The summed E-state index contributed by atoms with van der Waals surface area (Å²) in [6.45, 7) is 3.29. The minimum atomic E-state index is -0.191. The largest absolute Gasteiger partial charge is 0.498 e. The number of benzene rings is 1. The van der Waals surface area contributed by atoms with Crippen LogP contribution in [-0.4, -0.2) is 12.9 Å². The summed E-state index contributed by atoms with van der Waals surface area (Å²) in [5, 5.41) is 0. The zero-order chi connectivity index (χ0) is 8.27. The van der Waals surface area contributed by atoms with Crippen LogP contribution in [0.3, 0.4) is 0 Å². The van der Waals surface area contributed by atoms with Crippen LogP contribution in [0.2, 0.25) is 0 Å². The number of hydrogen-bond acceptors (Lipinski definition) is 2. The first kappa shape index (κ1) is 11.7. The molecule has 0 aromatic heterocycles. The molecule has 0 aliphatic carbocycles. The molecule has 0 bridgehead atoms. The van der Waals surface area contributed by atoms with E-state index in [1.807, 2.05) is 0 Å². The average Bonchev–Trinajstić information content (AvgIpc) is 2.05. The molecular formula is C9H9O2Y-. The first-order valence-corrected chi connectivity index (χ1v) is 3.24. The third kappa shape index (κ3) is 2.96. The van der Waals surface area contributed by atoms with Crippen molar-refractivity contribution in [2.45, 2.75) is 0 Å². The van der Waals surface area contributed by atoms with Crippen LogP contribution in [0.4, 0.5) is 0 Å². The maximum absolute atomic E-state index is 10.7. The zero-order valence-electron chi connectivity index (χ0n) is 6.91. The molecule has 3 heteroatoms. The van der Waals surface area contributed by atoms with Gasteiger partial charge in [-0.1, -0.05) is 12.1 Å². The van der Waals surface area contributed by atoms with Crippen LogP contribution in [0.15, 0.2) is 24.3 Å². The number of methoxy groups -OCH3 is 1. The Morgan fingerprint density at radius 1 is 1.50 bits per heavy atom. The summed E-state index contributed by atoms with van der Waals surface area (Å²) in [4.78, 5) is 10.7. The van der Waals surface area contributed by atoms with Gasteiger partial charge in [0.15, 0.2) is 0 Å². The van der Waals surface area contributed by atoms with Crippen molar-refractivity contribution >= 4 is 5.78 Å². The minimum absolute atomic E-state index is 0. The molecule has 0 spiro atoms. The Morgan fingerprint density at radius 3 is 2.67 bits per heavy atom. The molecule has 0 aliphatic heterocycles. The van der Waals surface area contributed by atoms with Gasteiger partial charge in [-0.15, -0.1) is 11.6 Å². The number of ether oxygens (including phenoxy) is 1. The van der Waals surface area contributed by atoms with Crippen LogP contribution in [0.5, 0.6) is 5.75 Å². The van der Waals surface area contributed by atoms with Gasteiger partial charge in [0.2, 0.25) is 0 Å². The number of rotatable bonds is 2. The second kappa shape index (κ2) is 5.33. The van der Waals surface area contributed by atoms with Gasteiger partial charge in [0.05, 0.1) is 7.11 Å². The molecule has 1 aromatic carbocycles. The molecule has 0 saturated carbocycles. The van der Waals surface area contributed by atoms with Gasteiger partial charge in [0, 0.05) is 38.5 Å². The normalized spacial score (nSPS) is 8.42. The second-order valence-corrected chi connectivity index (χ2v) is 2.16. The maximum atomic E-state index is 10.7. The van der Waals surface area contributed by atoms with E-state index in [-0.39, 0.29) is 38.5 Å². The molecule has 0 aliphatic rings. The molecule has 1 rings (SSSR count). The van der Waals surface area contributed by atoms with Crippen molar-refractivity contribution < 1.29 is 42.2 Å². The summed E-state index contributed by atoms with van der Waals surface area (Å²) in [6.07, 6.45) is 0. The van der Waals surface area contributed by atoms with Gasteiger partial charge in [-0.05, 0) is 6.07 Å². The van der Waals surface area contributed by atoms with Gasteiger partial charge in [0.1, 0.15) is 5.75 Å². The average molecular weight is 238 g/mol. The standard InChI is InChI=1S/C9H9O2.Y/c1-7(10)8-4-3-5-9(6-8)11-2;/h3-6H,1H2,2H3;/q-1;. The monoisotopic (exact) mass is 238 g/mol. The Bertz CT molecular complexity index is 271. The Labute approximate surface area is 97.2 Å². The van der Waals surface area contributed by atoms with Crippen molar-refractivity contribution in [1.82, 2.24) is 0 Å². The van der Waals surface area contributed by atoms with Crippen molar-refractivity contribution in [3.63, 3.8) is 0 Å². The number of carbonyl (C=O) groups is 1. The smallest absolute Gasteiger partial charge is 0.101 e. The fraction of sp³-hybridized carbons (Fsp3) is 0.111. The first-order chi connectivity index (χ1) is 5.24. The molecule has 12 heavy (non-hydrogen) atoms. The van der Waals surface area contributed by atoms with E-state index >= 15 is 0 Å². The van der Waals surface area contributed by atoms with Gasteiger partial charge in [0.25, 0.3) is 0 Å². The molecule has 1 radical (unpaired) electrons. The summed E-state index contributed by atoms with van der Waals surface area (Å²) in [5.41, 5.74) is 0.573. The summed E-state index contributed by atoms with van der Waals surface area (Å²) in [6, 6.07) is 6.91. The fourth-order valence-corrected chi connectivity index (χ4v) is 0.797. The van der Waals surface area contributed by atoms with Crippen molar-refractivity contribution in [2.75, 3.05) is 7.11 Å². The van der Waals surface area contributed by atoms with Crippen LogP contribution in [0.25, 0.3) is 0 Å². The van der Waals surface area contributed by atoms with Crippen LogP contribution in [0, 0.1) is 6.92 Å². The van der Waals surface area contributed by atoms with Gasteiger partial charge < -0.3 is 9.53 Å². The Hall–Kier alpha value is -0.336. The molecule has 0 fully saturated rings. The van der Waals surface area contributed by atoms with E-state index < -0.39 is 0 Å².